The molecular formula is C14H21NS. The van der Waals surface area contributed by atoms with Gasteiger partial charge in [-0.3, -0.25) is 0 Å². The van der Waals surface area contributed by atoms with Crippen LogP contribution in [0, 0.1) is 0 Å². The zero-order chi connectivity index (χ0) is 11.4. The molecule has 0 bridgehead atoms. The summed E-state index contributed by atoms with van der Waals surface area (Å²) in [7, 11) is 2.25. The Morgan fingerprint density at radius 3 is 2.94 bits per heavy atom. The molecule has 1 nitrogen and oxygen atoms in total. The second-order valence-electron chi connectivity index (χ2n) is 4.67. The molecule has 1 unspecified atom stereocenters. The monoisotopic (exact) mass is 235 g/mol. The van der Waals surface area contributed by atoms with Crippen molar-refractivity contribution in [3.8, 4) is 0 Å². The van der Waals surface area contributed by atoms with Crippen LogP contribution in [0.3, 0.4) is 0 Å². The van der Waals surface area contributed by atoms with E-state index in [0.717, 1.165) is 5.25 Å². The largest absolute Gasteiger partial charge is 0.305 e. The number of hydrogen-bond acceptors (Lipinski definition) is 2. The van der Waals surface area contributed by atoms with E-state index in [4.69, 9.17) is 0 Å². The Morgan fingerprint density at radius 2 is 2.19 bits per heavy atom. The minimum absolute atomic E-state index is 0.763. The summed E-state index contributed by atoms with van der Waals surface area (Å²) in [5, 5.41) is 0.763. The third kappa shape index (κ3) is 3.02. The van der Waals surface area contributed by atoms with Gasteiger partial charge >= 0.3 is 0 Å². The Hall–Kier alpha value is -0.470. The number of nitrogens with zero attached hydrogens (tertiary/aromatic N) is 1. The van der Waals surface area contributed by atoms with Gasteiger partial charge in [0, 0.05) is 16.7 Å². The van der Waals surface area contributed by atoms with E-state index < -0.39 is 0 Å². The molecule has 2 rings (SSSR count). The molecule has 0 amide bonds. The highest BCUT2D eigenvalue weighted by Gasteiger charge is 2.22. The fourth-order valence-electron chi connectivity index (χ4n) is 2.22. The Balaban J connectivity index is 1.82. The van der Waals surface area contributed by atoms with Gasteiger partial charge in [0.05, 0.1) is 0 Å². The molecule has 88 valence electrons. The van der Waals surface area contributed by atoms with Gasteiger partial charge in [0.2, 0.25) is 0 Å². The molecule has 0 saturated carbocycles. The number of thioether (sulfide) groups is 1. The highest BCUT2D eigenvalue weighted by molar-refractivity contribution is 8.00. The first-order chi connectivity index (χ1) is 7.79. The van der Waals surface area contributed by atoms with Crippen LogP contribution in [0.25, 0.3) is 0 Å². The van der Waals surface area contributed by atoms with Crippen LogP contribution in [-0.4, -0.2) is 30.3 Å². The minimum atomic E-state index is 0.763. The molecular weight excluding hydrogens is 214 g/mol. The summed E-state index contributed by atoms with van der Waals surface area (Å²) in [6.07, 6.45) is 3.86. The predicted molar refractivity (Wildman–Crippen MR) is 72.2 cm³/mol. The van der Waals surface area contributed by atoms with Gasteiger partial charge in [-0.05, 0) is 38.1 Å². The van der Waals surface area contributed by atoms with Gasteiger partial charge in [0.1, 0.15) is 0 Å². The fourth-order valence-corrected chi connectivity index (χ4v) is 3.63. The van der Waals surface area contributed by atoms with Gasteiger partial charge in [-0.2, -0.15) is 0 Å². The van der Waals surface area contributed by atoms with Crippen molar-refractivity contribution in [1.82, 2.24) is 4.90 Å². The van der Waals surface area contributed by atoms with Crippen LogP contribution in [-0.2, 0) is 6.42 Å². The van der Waals surface area contributed by atoms with E-state index in [9.17, 15) is 0 Å². The molecule has 1 aliphatic rings. The zero-order valence-electron chi connectivity index (χ0n) is 10.3. The molecule has 1 aromatic rings. The normalized spacial score (nSPS) is 19.1. The van der Waals surface area contributed by atoms with Crippen LogP contribution in [0.4, 0.5) is 0 Å². The topological polar surface area (TPSA) is 3.24 Å². The van der Waals surface area contributed by atoms with Crippen LogP contribution in [0.15, 0.2) is 29.2 Å². The Bertz CT molecular complexity index is 312. The van der Waals surface area contributed by atoms with Gasteiger partial charge in [-0.25, -0.2) is 0 Å². The quantitative estimate of drug-likeness (QED) is 0.769. The summed E-state index contributed by atoms with van der Waals surface area (Å²) in [6, 6.07) is 8.83. The highest BCUT2D eigenvalue weighted by atomic mass is 32.2. The summed E-state index contributed by atoms with van der Waals surface area (Å²) < 4.78 is 0. The lowest BCUT2D eigenvalue weighted by atomic mass is 10.1. The number of rotatable bonds is 5. The van der Waals surface area contributed by atoms with Crippen molar-refractivity contribution >= 4 is 11.8 Å². The summed E-state index contributed by atoms with van der Waals surface area (Å²) in [6.45, 7) is 4.72. The lowest BCUT2D eigenvalue weighted by Crippen LogP contribution is -2.28. The highest BCUT2D eigenvalue weighted by Crippen LogP contribution is 2.36. The number of unbranched alkanes of at least 4 members (excludes halogenated alkanes) is 1. The summed E-state index contributed by atoms with van der Waals surface area (Å²) >= 11 is 2.06. The summed E-state index contributed by atoms with van der Waals surface area (Å²) in [5.41, 5.74) is 1.54. The zero-order valence-corrected chi connectivity index (χ0v) is 11.1. The Labute approximate surface area is 103 Å². The minimum Gasteiger partial charge on any atom is -0.305 e. The SMILES string of the molecule is CCCCN(C)CC1Cc2ccccc2S1. The van der Waals surface area contributed by atoms with E-state index in [1.54, 1.807) is 5.56 Å². The maximum Gasteiger partial charge on any atom is 0.0263 e. The number of benzene rings is 1. The van der Waals surface area contributed by atoms with Crippen LogP contribution in [0.2, 0.25) is 0 Å². The molecule has 1 atom stereocenters. The van der Waals surface area contributed by atoms with Crippen LogP contribution in [0.5, 0.6) is 0 Å². The van der Waals surface area contributed by atoms with Crippen molar-refractivity contribution in [1.29, 1.82) is 0 Å². The van der Waals surface area contributed by atoms with Crippen molar-refractivity contribution < 1.29 is 0 Å². The maximum absolute atomic E-state index is 2.48. The molecule has 2 heteroatoms. The fraction of sp³-hybridized carbons (Fsp3) is 0.571. The van der Waals surface area contributed by atoms with E-state index in [1.807, 2.05) is 0 Å². The molecule has 0 fully saturated rings. The maximum atomic E-state index is 2.48. The molecule has 0 spiro atoms. The molecule has 16 heavy (non-hydrogen) atoms. The number of hydrogen-bond donors (Lipinski definition) is 0. The van der Waals surface area contributed by atoms with Crippen LogP contribution < -0.4 is 0 Å². The average Bonchev–Trinajstić information content (AvgIpc) is 2.68. The molecule has 1 heterocycles. The van der Waals surface area contributed by atoms with Crippen LogP contribution >= 0.6 is 11.8 Å². The second-order valence-corrected chi connectivity index (χ2v) is 6.01. The summed E-state index contributed by atoms with van der Waals surface area (Å²) in [5.74, 6) is 0. The second kappa shape index (κ2) is 5.74. The van der Waals surface area contributed by atoms with E-state index in [0.29, 0.717) is 0 Å². The first kappa shape index (κ1) is 12.0. The van der Waals surface area contributed by atoms with Crippen molar-refractivity contribution in [3.63, 3.8) is 0 Å². The molecule has 1 aliphatic heterocycles. The Morgan fingerprint density at radius 1 is 1.38 bits per heavy atom. The lowest BCUT2D eigenvalue weighted by Gasteiger charge is -2.19. The molecule has 0 N–H and O–H groups in total. The molecule has 0 radical (unpaired) electrons. The van der Waals surface area contributed by atoms with Gasteiger partial charge in [0.25, 0.3) is 0 Å². The van der Waals surface area contributed by atoms with Crippen molar-refractivity contribution in [2.45, 2.75) is 36.3 Å². The van der Waals surface area contributed by atoms with Crippen molar-refractivity contribution in [2.75, 3.05) is 20.1 Å². The van der Waals surface area contributed by atoms with E-state index in [-0.39, 0.29) is 0 Å². The predicted octanol–water partition coefficient (Wildman–Crippen LogP) is 3.44. The van der Waals surface area contributed by atoms with E-state index in [1.165, 1.54) is 37.2 Å². The van der Waals surface area contributed by atoms with E-state index >= 15 is 0 Å². The van der Waals surface area contributed by atoms with Gasteiger partial charge in [0.15, 0.2) is 0 Å². The third-order valence-corrected chi connectivity index (χ3v) is 4.42. The van der Waals surface area contributed by atoms with Crippen molar-refractivity contribution in [3.05, 3.63) is 29.8 Å². The lowest BCUT2D eigenvalue weighted by molar-refractivity contribution is 0.329. The van der Waals surface area contributed by atoms with Gasteiger partial charge in [-0.15, -0.1) is 11.8 Å². The Kier molecular flexibility index (Phi) is 4.30. The standard InChI is InChI=1S/C14H21NS/c1-3-4-9-15(2)11-13-10-12-7-5-6-8-14(12)16-13/h5-8,13H,3-4,9-11H2,1-2H3. The first-order valence-corrected chi connectivity index (χ1v) is 7.10. The third-order valence-electron chi connectivity index (χ3n) is 3.12. The molecule has 0 aliphatic carbocycles. The average molecular weight is 235 g/mol. The molecule has 0 saturated heterocycles. The van der Waals surface area contributed by atoms with Crippen molar-refractivity contribution in [2.24, 2.45) is 0 Å². The molecule has 0 aromatic heterocycles. The van der Waals surface area contributed by atoms with Crippen LogP contribution in [0.1, 0.15) is 25.3 Å². The number of fused-ring (bicyclic) bond motifs is 1. The van der Waals surface area contributed by atoms with Gasteiger partial charge in [-0.1, -0.05) is 31.5 Å². The smallest absolute Gasteiger partial charge is 0.0263 e. The van der Waals surface area contributed by atoms with Gasteiger partial charge < -0.3 is 4.90 Å². The first-order valence-electron chi connectivity index (χ1n) is 6.22. The summed E-state index contributed by atoms with van der Waals surface area (Å²) in [4.78, 5) is 3.98. The molecule has 1 aromatic carbocycles. The van der Waals surface area contributed by atoms with E-state index in [2.05, 4.69) is 54.9 Å².